The topological polar surface area (TPSA) is 94.8 Å². The number of rotatable bonds is 8. The molecule has 1 fully saturated rings. The van der Waals surface area contributed by atoms with Crippen LogP contribution in [0.5, 0.6) is 5.75 Å². The van der Waals surface area contributed by atoms with Crippen molar-refractivity contribution in [1.82, 2.24) is 4.57 Å². The van der Waals surface area contributed by atoms with Gasteiger partial charge in [0.15, 0.2) is 0 Å². The number of carbonyl (C=O) groups is 1. The van der Waals surface area contributed by atoms with Gasteiger partial charge in [0.05, 0.1) is 11.8 Å². The second kappa shape index (κ2) is 6.68. The molecule has 8 heteroatoms. The van der Waals surface area contributed by atoms with Gasteiger partial charge in [-0.1, -0.05) is 12.1 Å². The second-order valence-electron chi connectivity index (χ2n) is 6.50. The lowest BCUT2D eigenvalue weighted by Gasteiger charge is -2.15. The minimum absolute atomic E-state index is 0.0448. The van der Waals surface area contributed by atoms with E-state index in [4.69, 9.17) is 8.92 Å². The van der Waals surface area contributed by atoms with Crippen molar-refractivity contribution in [1.29, 1.82) is 0 Å². The Morgan fingerprint density at radius 2 is 2.12 bits per heavy atom. The van der Waals surface area contributed by atoms with Crippen LogP contribution in [0, 0.1) is 5.92 Å². The molecule has 3 rings (SSSR count). The Morgan fingerprint density at radius 1 is 1.40 bits per heavy atom. The van der Waals surface area contributed by atoms with E-state index in [1.165, 1.54) is 0 Å². The van der Waals surface area contributed by atoms with Crippen LogP contribution in [0.2, 0.25) is 0 Å². The van der Waals surface area contributed by atoms with Crippen LogP contribution in [0.3, 0.4) is 0 Å². The first-order valence-electron chi connectivity index (χ1n) is 8.11. The van der Waals surface area contributed by atoms with Crippen molar-refractivity contribution in [2.24, 2.45) is 5.92 Å². The molecule has 1 saturated carbocycles. The molecule has 0 amide bonds. The zero-order valence-corrected chi connectivity index (χ0v) is 15.0. The lowest BCUT2D eigenvalue weighted by atomic mass is 10.2. The van der Waals surface area contributed by atoms with Gasteiger partial charge in [-0.3, -0.25) is 4.18 Å². The number of aromatic nitrogens is 1. The quantitative estimate of drug-likeness (QED) is 0.720. The SMILES string of the molecule is CC(COc1cccc2cc(C(=O)O)n(CC3CC3)c12)OS(C)(=O)=O. The fraction of sp³-hybridized carbons (Fsp3) is 0.471. The largest absolute Gasteiger partial charge is 0.489 e. The number of hydrogen-bond donors (Lipinski definition) is 1. The van der Waals surface area contributed by atoms with E-state index in [0.717, 1.165) is 30.0 Å². The molecule has 1 aromatic heterocycles. The van der Waals surface area contributed by atoms with E-state index in [9.17, 15) is 18.3 Å². The summed E-state index contributed by atoms with van der Waals surface area (Å²) in [4.78, 5) is 11.6. The molecule has 25 heavy (non-hydrogen) atoms. The molecule has 1 aliphatic carbocycles. The molecule has 136 valence electrons. The molecule has 0 radical (unpaired) electrons. The van der Waals surface area contributed by atoms with Crippen LogP contribution >= 0.6 is 0 Å². The zero-order chi connectivity index (χ0) is 18.2. The first kappa shape index (κ1) is 17.8. The van der Waals surface area contributed by atoms with Crippen molar-refractivity contribution < 1.29 is 27.2 Å². The summed E-state index contributed by atoms with van der Waals surface area (Å²) >= 11 is 0. The highest BCUT2D eigenvalue weighted by Gasteiger charge is 2.26. The highest BCUT2D eigenvalue weighted by Crippen LogP contribution is 2.36. The van der Waals surface area contributed by atoms with Crippen LogP contribution in [-0.2, 0) is 20.8 Å². The van der Waals surface area contributed by atoms with Gasteiger partial charge in [0, 0.05) is 11.9 Å². The van der Waals surface area contributed by atoms with E-state index >= 15 is 0 Å². The molecule has 7 nitrogen and oxygen atoms in total. The summed E-state index contributed by atoms with van der Waals surface area (Å²) in [5, 5.41) is 10.3. The highest BCUT2D eigenvalue weighted by atomic mass is 32.2. The monoisotopic (exact) mass is 367 g/mol. The van der Waals surface area contributed by atoms with Crippen molar-refractivity contribution in [3.05, 3.63) is 30.0 Å². The number of aromatic carboxylic acids is 1. The molecular formula is C17H21NO6S. The fourth-order valence-corrected chi connectivity index (χ4v) is 3.52. The molecule has 1 aromatic carbocycles. The Balaban J connectivity index is 1.90. The van der Waals surface area contributed by atoms with E-state index in [1.54, 1.807) is 29.7 Å². The Kier molecular flexibility index (Phi) is 4.75. The summed E-state index contributed by atoms with van der Waals surface area (Å²) in [6.45, 7) is 2.29. The molecule has 1 atom stereocenters. The van der Waals surface area contributed by atoms with Gasteiger partial charge in [0.1, 0.15) is 24.2 Å². The number of benzene rings is 1. The molecule has 0 aliphatic heterocycles. The Hall–Kier alpha value is -2.06. The zero-order valence-electron chi connectivity index (χ0n) is 14.1. The molecule has 1 heterocycles. The van der Waals surface area contributed by atoms with Crippen LogP contribution in [0.15, 0.2) is 24.3 Å². The number of carboxylic acids is 1. The maximum Gasteiger partial charge on any atom is 0.352 e. The fourth-order valence-electron chi connectivity index (χ4n) is 2.87. The van der Waals surface area contributed by atoms with Gasteiger partial charge in [0.25, 0.3) is 10.1 Å². The summed E-state index contributed by atoms with van der Waals surface area (Å²) in [6, 6.07) is 7.02. The minimum Gasteiger partial charge on any atom is -0.489 e. The lowest BCUT2D eigenvalue weighted by Crippen LogP contribution is -2.21. The molecule has 2 aromatic rings. The van der Waals surface area contributed by atoms with Gasteiger partial charge < -0.3 is 14.4 Å². The first-order valence-corrected chi connectivity index (χ1v) is 9.93. The molecule has 1 aliphatic rings. The highest BCUT2D eigenvalue weighted by molar-refractivity contribution is 7.86. The van der Waals surface area contributed by atoms with Crippen molar-refractivity contribution in [3.63, 3.8) is 0 Å². The second-order valence-corrected chi connectivity index (χ2v) is 8.11. The Labute approximate surface area is 146 Å². The van der Waals surface area contributed by atoms with Gasteiger partial charge in [-0.2, -0.15) is 8.42 Å². The van der Waals surface area contributed by atoms with Gasteiger partial charge >= 0.3 is 5.97 Å². The van der Waals surface area contributed by atoms with Crippen LogP contribution in [0.4, 0.5) is 0 Å². The van der Waals surface area contributed by atoms with E-state index in [0.29, 0.717) is 18.2 Å². The van der Waals surface area contributed by atoms with E-state index in [2.05, 4.69) is 0 Å². The van der Waals surface area contributed by atoms with Crippen LogP contribution in [0.25, 0.3) is 10.9 Å². The molecule has 1 unspecified atom stereocenters. The molecule has 0 saturated heterocycles. The third-order valence-electron chi connectivity index (χ3n) is 4.05. The minimum atomic E-state index is -3.56. The molecular weight excluding hydrogens is 346 g/mol. The maximum absolute atomic E-state index is 11.6. The van der Waals surface area contributed by atoms with Gasteiger partial charge in [-0.15, -0.1) is 0 Å². The summed E-state index contributed by atoms with van der Waals surface area (Å²) in [7, 11) is -3.56. The lowest BCUT2D eigenvalue weighted by molar-refractivity contribution is 0.0685. The Morgan fingerprint density at radius 3 is 2.72 bits per heavy atom. The summed E-state index contributed by atoms with van der Waals surface area (Å²) in [5.74, 6) is 0.0421. The smallest absolute Gasteiger partial charge is 0.352 e. The molecule has 1 N–H and O–H groups in total. The number of nitrogens with zero attached hydrogens (tertiary/aromatic N) is 1. The average molecular weight is 367 g/mol. The Bertz CT molecular complexity index is 897. The van der Waals surface area contributed by atoms with Gasteiger partial charge in [0.2, 0.25) is 0 Å². The van der Waals surface area contributed by atoms with E-state index in [1.807, 2.05) is 6.07 Å². The average Bonchev–Trinajstić information content (AvgIpc) is 3.23. The first-order chi connectivity index (χ1) is 11.7. The van der Waals surface area contributed by atoms with Gasteiger partial charge in [-0.25, -0.2) is 4.79 Å². The standard InChI is InChI=1S/C17H21NO6S/c1-11(24-25(2,21)22)10-23-15-5-3-4-13-8-14(17(19)20)18(16(13)15)9-12-6-7-12/h3-5,8,11-12H,6-7,9-10H2,1-2H3,(H,19,20). The van der Waals surface area contributed by atoms with Crippen LogP contribution < -0.4 is 4.74 Å². The van der Waals surface area contributed by atoms with Crippen LogP contribution in [0.1, 0.15) is 30.3 Å². The van der Waals surface area contributed by atoms with Crippen molar-refractivity contribution in [2.45, 2.75) is 32.4 Å². The van der Waals surface area contributed by atoms with Crippen molar-refractivity contribution >= 4 is 27.0 Å². The predicted octanol–water partition coefficient (Wildman–Crippen LogP) is 2.49. The number of carboxylic acid groups (broad SMARTS) is 1. The summed E-state index contributed by atoms with van der Waals surface area (Å²) in [5.41, 5.74) is 0.955. The van der Waals surface area contributed by atoms with Crippen molar-refractivity contribution in [3.8, 4) is 5.75 Å². The number of hydrogen-bond acceptors (Lipinski definition) is 5. The maximum atomic E-state index is 11.6. The predicted molar refractivity (Wildman–Crippen MR) is 92.5 cm³/mol. The van der Waals surface area contributed by atoms with Crippen molar-refractivity contribution in [2.75, 3.05) is 12.9 Å². The third-order valence-corrected chi connectivity index (χ3v) is 4.73. The van der Waals surface area contributed by atoms with Crippen LogP contribution in [-0.4, -0.2) is 43.0 Å². The van der Waals surface area contributed by atoms with Gasteiger partial charge in [-0.05, 0) is 37.8 Å². The number of fused-ring (bicyclic) bond motifs is 1. The molecule has 0 spiro atoms. The number of para-hydroxylation sites is 1. The summed E-state index contributed by atoms with van der Waals surface area (Å²) < 4.78 is 34.8. The normalized spacial score (nSPS) is 16.1. The van der Waals surface area contributed by atoms with E-state index < -0.39 is 22.2 Å². The van der Waals surface area contributed by atoms with E-state index in [-0.39, 0.29) is 12.3 Å². The summed E-state index contributed by atoms with van der Waals surface area (Å²) in [6.07, 6.45) is 2.54. The third kappa shape index (κ3) is 4.32. The number of ether oxygens (including phenoxy) is 1. The molecule has 0 bridgehead atoms.